The van der Waals surface area contributed by atoms with Crippen LogP contribution in [0.5, 0.6) is 5.75 Å². The molecule has 0 heterocycles. The molecule has 2 aromatic rings. The minimum atomic E-state index is -0.450. The topological polar surface area (TPSA) is 75.3 Å². The largest absolute Gasteiger partial charge is 0.508 e. The summed E-state index contributed by atoms with van der Waals surface area (Å²) in [5, 5.41) is 12.7. The third-order valence-electron chi connectivity index (χ3n) is 2.90. The van der Waals surface area contributed by atoms with Crippen molar-refractivity contribution >= 4 is 11.6 Å². The Kier molecular flexibility index (Phi) is 3.71. The SMILES string of the molecule is CC(Nc1cccc(C(N)=O)c1)c1cccc(O)c1. The maximum absolute atomic E-state index is 11.1. The molecule has 19 heavy (non-hydrogen) atoms. The first-order chi connectivity index (χ1) is 9.06. The highest BCUT2D eigenvalue weighted by Gasteiger charge is 2.07. The number of benzene rings is 2. The summed E-state index contributed by atoms with van der Waals surface area (Å²) >= 11 is 0. The number of rotatable bonds is 4. The second-order valence-electron chi connectivity index (χ2n) is 4.41. The Hall–Kier alpha value is -2.49. The van der Waals surface area contributed by atoms with Gasteiger partial charge in [-0.2, -0.15) is 0 Å². The summed E-state index contributed by atoms with van der Waals surface area (Å²) in [6.45, 7) is 1.98. The summed E-state index contributed by atoms with van der Waals surface area (Å²) in [5.74, 6) is -0.217. The fourth-order valence-electron chi connectivity index (χ4n) is 1.89. The number of hydrogen-bond donors (Lipinski definition) is 3. The van der Waals surface area contributed by atoms with E-state index in [0.717, 1.165) is 11.3 Å². The van der Waals surface area contributed by atoms with Crippen LogP contribution in [0.25, 0.3) is 0 Å². The number of anilines is 1. The number of primary amides is 1. The Bertz CT molecular complexity index is 596. The number of hydrogen-bond acceptors (Lipinski definition) is 3. The molecule has 0 saturated carbocycles. The molecule has 4 heteroatoms. The highest BCUT2D eigenvalue weighted by molar-refractivity contribution is 5.93. The predicted octanol–water partition coefficient (Wildman–Crippen LogP) is 2.66. The van der Waals surface area contributed by atoms with Gasteiger partial charge in [0.25, 0.3) is 0 Å². The fourth-order valence-corrected chi connectivity index (χ4v) is 1.89. The third kappa shape index (κ3) is 3.25. The van der Waals surface area contributed by atoms with Gasteiger partial charge >= 0.3 is 0 Å². The average molecular weight is 256 g/mol. The Morgan fingerprint density at radius 1 is 1.21 bits per heavy atom. The Morgan fingerprint density at radius 3 is 2.63 bits per heavy atom. The van der Waals surface area contributed by atoms with Crippen molar-refractivity contribution in [2.75, 3.05) is 5.32 Å². The molecular weight excluding hydrogens is 240 g/mol. The number of amides is 1. The Balaban J connectivity index is 2.17. The lowest BCUT2D eigenvalue weighted by Crippen LogP contribution is -2.12. The van der Waals surface area contributed by atoms with Crippen LogP contribution in [0.1, 0.15) is 28.9 Å². The fraction of sp³-hybridized carbons (Fsp3) is 0.133. The maximum atomic E-state index is 11.1. The van der Waals surface area contributed by atoms with E-state index >= 15 is 0 Å². The van der Waals surface area contributed by atoms with Crippen LogP contribution < -0.4 is 11.1 Å². The molecule has 4 N–H and O–H groups in total. The molecule has 0 aliphatic heterocycles. The molecule has 0 spiro atoms. The van der Waals surface area contributed by atoms with Gasteiger partial charge in [0.2, 0.25) is 5.91 Å². The van der Waals surface area contributed by atoms with Crippen molar-refractivity contribution in [2.24, 2.45) is 5.73 Å². The zero-order chi connectivity index (χ0) is 13.8. The van der Waals surface area contributed by atoms with Crippen molar-refractivity contribution in [3.63, 3.8) is 0 Å². The number of carbonyl (C=O) groups is 1. The van der Waals surface area contributed by atoms with Crippen LogP contribution in [0.3, 0.4) is 0 Å². The molecule has 0 aromatic heterocycles. The monoisotopic (exact) mass is 256 g/mol. The lowest BCUT2D eigenvalue weighted by atomic mass is 10.1. The average Bonchev–Trinajstić information content (AvgIpc) is 2.39. The van der Waals surface area contributed by atoms with Crippen LogP contribution in [-0.4, -0.2) is 11.0 Å². The van der Waals surface area contributed by atoms with Gasteiger partial charge in [0, 0.05) is 17.3 Å². The van der Waals surface area contributed by atoms with Crippen LogP contribution in [0.4, 0.5) is 5.69 Å². The molecule has 0 aliphatic carbocycles. The van der Waals surface area contributed by atoms with Gasteiger partial charge in [-0.15, -0.1) is 0 Å². The summed E-state index contributed by atoms with van der Waals surface area (Å²) < 4.78 is 0. The van der Waals surface area contributed by atoms with Gasteiger partial charge in [0.1, 0.15) is 5.75 Å². The number of carbonyl (C=O) groups excluding carboxylic acids is 1. The van der Waals surface area contributed by atoms with E-state index in [1.165, 1.54) is 0 Å². The standard InChI is InChI=1S/C15H16N2O2/c1-10(11-4-3-7-14(18)9-11)17-13-6-2-5-12(8-13)15(16)19/h2-10,17-18H,1H3,(H2,16,19). The van der Waals surface area contributed by atoms with Gasteiger partial charge in [0.05, 0.1) is 0 Å². The summed E-state index contributed by atoms with van der Waals surface area (Å²) in [6, 6.07) is 14.1. The van der Waals surface area contributed by atoms with E-state index in [4.69, 9.17) is 5.73 Å². The number of phenols is 1. The molecule has 1 amide bonds. The second kappa shape index (κ2) is 5.44. The van der Waals surface area contributed by atoms with E-state index < -0.39 is 5.91 Å². The van der Waals surface area contributed by atoms with Crippen molar-refractivity contribution < 1.29 is 9.90 Å². The molecule has 98 valence electrons. The molecule has 1 unspecified atom stereocenters. The van der Waals surface area contributed by atoms with Crippen LogP contribution >= 0.6 is 0 Å². The summed E-state index contributed by atoms with van der Waals surface area (Å²) in [4.78, 5) is 11.1. The van der Waals surface area contributed by atoms with Gasteiger partial charge in [0.15, 0.2) is 0 Å². The Labute approximate surface area is 111 Å². The number of phenolic OH excluding ortho intramolecular Hbond substituents is 1. The van der Waals surface area contributed by atoms with Crippen molar-refractivity contribution in [2.45, 2.75) is 13.0 Å². The van der Waals surface area contributed by atoms with E-state index in [9.17, 15) is 9.90 Å². The number of aromatic hydroxyl groups is 1. The minimum Gasteiger partial charge on any atom is -0.508 e. The molecule has 0 fully saturated rings. The Morgan fingerprint density at radius 2 is 1.95 bits per heavy atom. The molecular formula is C15H16N2O2. The van der Waals surface area contributed by atoms with Crippen molar-refractivity contribution in [3.05, 3.63) is 59.7 Å². The van der Waals surface area contributed by atoms with Gasteiger partial charge in [-0.05, 0) is 42.8 Å². The highest BCUT2D eigenvalue weighted by Crippen LogP contribution is 2.22. The molecule has 0 radical (unpaired) electrons. The van der Waals surface area contributed by atoms with Gasteiger partial charge in [-0.3, -0.25) is 4.79 Å². The first-order valence-electron chi connectivity index (χ1n) is 6.01. The summed E-state index contributed by atoms with van der Waals surface area (Å²) in [6.07, 6.45) is 0. The minimum absolute atomic E-state index is 0.00947. The first kappa shape index (κ1) is 13.0. The van der Waals surface area contributed by atoms with Crippen LogP contribution in [-0.2, 0) is 0 Å². The van der Waals surface area contributed by atoms with E-state index in [2.05, 4.69) is 5.32 Å². The lowest BCUT2D eigenvalue weighted by Gasteiger charge is -2.16. The van der Waals surface area contributed by atoms with Crippen molar-refractivity contribution in [1.29, 1.82) is 0 Å². The third-order valence-corrected chi connectivity index (χ3v) is 2.90. The first-order valence-corrected chi connectivity index (χ1v) is 6.01. The lowest BCUT2D eigenvalue weighted by molar-refractivity contribution is 0.100. The van der Waals surface area contributed by atoms with E-state index in [0.29, 0.717) is 5.56 Å². The van der Waals surface area contributed by atoms with Crippen molar-refractivity contribution in [1.82, 2.24) is 0 Å². The molecule has 1 atom stereocenters. The molecule has 0 bridgehead atoms. The van der Waals surface area contributed by atoms with Crippen LogP contribution in [0.15, 0.2) is 48.5 Å². The smallest absolute Gasteiger partial charge is 0.248 e. The molecule has 0 aliphatic rings. The second-order valence-corrected chi connectivity index (χ2v) is 4.41. The number of nitrogens with two attached hydrogens (primary N) is 1. The van der Waals surface area contributed by atoms with E-state index in [1.54, 1.807) is 36.4 Å². The molecule has 2 aromatic carbocycles. The molecule has 0 saturated heterocycles. The quantitative estimate of drug-likeness (QED) is 0.787. The van der Waals surface area contributed by atoms with Gasteiger partial charge < -0.3 is 16.2 Å². The van der Waals surface area contributed by atoms with E-state index in [-0.39, 0.29) is 11.8 Å². The zero-order valence-corrected chi connectivity index (χ0v) is 10.6. The summed E-state index contributed by atoms with van der Waals surface area (Å²) in [7, 11) is 0. The highest BCUT2D eigenvalue weighted by atomic mass is 16.3. The predicted molar refractivity (Wildman–Crippen MR) is 75.1 cm³/mol. The zero-order valence-electron chi connectivity index (χ0n) is 10.6. The summed E-state index contributed by atoms with van der Waals surface area (Å²) in [5.41, 5.74) is 7.49. The van der Waals surface area contributed by atoms with Crippen molar-refractivity contribution in [3.8, 4) is 5.75 Å². The van der Waals surface area contributed by atoms with E-state index in [1.807, 2.05) is 19.1 Å². The van der Waals surface area contributed by atoms with Crippen LogP contribution in [0.2, 0.25) is 0 Å². The van der Waals surface area contributed by atoms with Gasteiger partial charge in [-0.1, -0.05) is 18.2 Å². The maximum Gasteiger partial charge on any atom is 0.248 e. The van der Waals surface area contributed by atoms with Crippen LogP contribution in [0, 0.1) is 0 Å². The van der Waals surface area contributed by atoms with Gasteiger partial charge in [-0.25, -0.2) is 0 Å². The molecule has 4 nitrogen and oxygen atoms in total. The molecule has 2 rings (SSSR count). The number of nitrogens with one attached hydrogen (secondary N) is 1. The normalized spacial score (nSPS) is 11.8.